The molecule has 0 aliphatic carbocycles. The summed E-state index contributed by atoms with van der Waals surface area (Å²) in [5.74, 6) is 0.804. The van der Waals surface area contributed by atoms with Gasteiger partial charge in [0.25, 0.3) is 0 Å². The minimum absolute atomic E-state index is 0.249. The summed E-state index contributed by atoms with van der Waals surface area (Å²) in [4.78, 5) is 7.35. The van der Waals surface area contributed by atoms with E-state index in [2.05, 4.69) is 45.6 Å². The predicted molar refractivity (Wildman–Crippen MR) is 124 cm³/mol. The van der Waals surface area contributed by atoms with Crippen molar-refractivity contribution in [2.75, 3.05) is 31.5 Å². The highest BCUT2D eigenvalue weighted by Crippen LogP contribution is 2.33. The minimum atomic E-state index is -0.249. The number of nitrogens with zero attached hydrogens (tertiary/aromatic N) is 4. The largest absolute Gasteiger partial charge is 0.338 e. The van der Waals surface area contributed by atoms with Crippen LogP contribution in [0.15, 0.2) is 53.5 Å². The van der Waals surface area contributed by atoms with Crippen molar-refractivity contribution in [3.8, 4) is 0 Å². The Hall–Kier alpha value is -2.54. The number of anilines is 1. The number of halogens is 1. The summed E-state index contributed by atoms with van der Waals surface area (Å²) in [6, 6.07) is 15.8. The smallest absolute Gasteiger partial charge is 0.149 e. The van der Waals surface area contributed by atoms with Crippen molar-refractivity contribution < 1.29 is 0 Å². The Balaban J connectivity index is 1.62. The predicted octanol–water partition coefficient (Wildman–Crippen LogP) is 4.48. The summed E-state index contributed by atoms with van der Waals surface area (Å²) < 4.78 is 0. The van der Waals surface area contributed by atoms with E-state index in [-0.39, 0.29) is 6.17 Å². The highest BCUT2D eigenvalue weighted by molar-refractivity contribution is 6.30. The SMILES string of the molecule is CCN(CC)CCCNC1N=C(c2ccc(Cl)cc2)Nc2c1nnc1ccccc21. The summed E-state index contributed by atoms with van der Waals surface area (Å²) in [5, 5.41) is 17.7. The Bertz CT molecular complexity index is 1030. The molecule has 2 aromatic carbocycles. The lowest BCUT2D eigenvalue weighted by Crippen LogP contribution is -2.32. The van der Waals surface area contributed by atoms with Gasteiger partial charge in [-0.25, -0.2) is 4.99 Å². The van der Waals surface area contributed by atoms with E-state index < -0.39 is 0 Å². The van der Waals surface area contributed by atoms with Crippen LogP contribution in [0.1, 0.15) is 37.7 Å². The van der Waals surface area contributed by atoms with Crippen molar-refractivity contribution in [2.24, 2.45) is 4.99 Å². The number of fused-ring (bicyclic) bond motifs is 3. The average molecular weight is 423 g/mol. The number of nitrogens with one attached hydrogen (secondary N) is 2. The minimum Gasteiger partial charge on any atom is -0.338 e. The topological polar surface area (TPSA) is 65.4 Å². The Morgan fingerprint density at radius 1 is 1.03 bits per heavy atom. The van der Waals surface area contributed by atoms with E-state index in [1.807, 2.05) is 42.5 Å². The number of hydrogen-bond acceptors (Lipinski definition) is 6. The van der Waals surface area contributed by atoms with E-state index in [9.17, 15) is 0 Å². The molecule has 1 aromatic heterocycles. The van der Waals surface area contributed by atoms with Crippen LogP contribution in [0.3, 0.4) is 0 Å². The first kappa shape index (κ1) is 20.7. The van der Waals surface area contributed by atoms with E-state index in [0.717, 1.165) is 66.3 Å². The summed E-state index contributed by atoms with van der Waals surface area (Å²) >= 11 is 6.08. The number of amidine groups is 1. The van der Waals surface area contributed by atoms with E-state index >= 15 is 0 Å². The molecule has 3 aromatic rings. The first-order chi connectivity index (χ1) is 14.7. The fourth-order valence-corrected chi connectivity index (χ4v) is 3.84. The van der Waals surface area contributed by atoms with Crippen LogP contribution in [0.2, 0.25) is 5.02 Å². The average Bonchev–Trinajstić information content (AvgIpc) is 2.79. The lowest BCUT2D eigenvalue weighted by molar-refractivity contribution is 0.295. The summed E-state index contributed by atoms with van der Waals surface area (Å²) in [6.07, 6.45) is 0.800. The monoisotopic (exact) mass is 422 g/mol. The van der Waals surface area contributed by atoms with Crippen LogP contribution in [0.5, 0.6) is 0 Å². The third kappa shape index (κ3) is 4.46. The third-order valence-corrected chi connectivity index (χ3v) is 5.71. The molecule has 2 N–H and O–H groups in total. The van der Waals surface area contributed by atoms with E-state index in [0.29, 0.717) is 5.02 Å². The van der Waals surface area contributed by atoms with Gasteiger partial charge in [-0.05, 0) is 62.9 Å². The molecule has 0 bridgehead atoms. The van der Waals surface area contributed by atoms with Gasteiger partial charge < -0.3 is 10.2 Å². The molecule has 0 fully saturated rings. The van der Waals surface area contributed by atoms with Gasteiger partial charge in [0.15, 0.2) is 0 Å². The molecule has 0 radical (unpaired) electrons. The zero-order valence-corrected chi connectivity index (χ0v) is 18.2. The van der Waals surface area contributed by atoms with Gasteiger partial charge in [0.1, 0.15) is 17.7 Å². The van der Waals surface area contributed by atoms with Crippen LogP contribution in [-0.2, 0) is 0 Å². The second-order valence-corrected chi connectivity index (χ2v) is 7.76. The van der Waals surface area contributed by atoms with Crippen LogP contribution >= 0.6 is 11.6 Å². The fraction of sp³-hybridized carbons (Fsp3) is 0.348. The molecule has 6 nitrogen and oxygen atoms in total. The normalized spacial score (nSPS) is 15.7. The Morgan fingerprint density at radius 3 is 2.57 bits per heavy atom. The molecule has 0 saturated heterocycles. The molecule has 1 aliphatic heterocycles. The molecule has 0 amide bonds. The van der Waals surface area contributed by atoms with Crippen molar-refractivity contribution in [1.29, 1.82) is 0 Å². The standard InChI is InChI=1S/C23H27ClN6/c1-3-30(4-2)15-7-14-25-23-21-20(18-8-5-6-9-19(18)28-29-21)26-22(27-23)16-10-12-17(24)13-11-16/h5-6,8-13,23,25H,3-4,7,14-15H2,1-2H3,(H,26,27). The molecular weight excluding hydrogens is 396 g/mol. The number of aliphatic imine (C=N–C) groups is 1. The number of hydrogen-bond donors (Lipinski definition) is 2. The van der Waals surface area contributed by atoms with Gasteiger partial charge >= 0.3 is 0 Å². The van der Waals surface area contributed by atoms with Gasteiger partial charge in [0.2, 0.25) is 0 Å². The maximum absolute atomic E-state index is 6.08. The lowest BCUT2D eigenvalue weighted by atomic mass is 10.1. The Labute approximate surface area is 182 Å². The van der Waals surface area contributed by atoms with Crippen molar-refractivity contribution >= 4 is 34.0 Å². The molecular formula is C23H27ClN6. The molecule has 7 heteroatoms. The first-order valence-corrected chi connectivity index (χ1v) is 10.9. The van der Waals surface area contributed by atoms with Crippen LogP contribution in [-0.4, -0.2) is 47.1 Å². The molecule has 0 spiro atoms. The quantitative estimate of drug-likeness (QED) is 0.524. The van der Waals surface area contributed by atoms with Crippen LogP contribution < -0.4 is 10.6 Å². The molecule has 156 valence electrons. The van der Waals surface area contributed by atoms with Gasteiger partial charge in [-0.15, -0.1) is 10.2 Å². The van der Waals surface area contributed by atoms with Crippen molar-refractivity contribution in [3.63, 3.8) is 0 Å². The van der Waals surface area contributed by atoms with Gasteiger partial charge in [-0.3, -0.25) is 5.32 Å². The Morgan fingerprint density at radius 2 is 1.80 bits per heavy atom. The van der Waals surface area contributed by atoms with E-state index in [1.165, 1.54) is 0 Å². The molecule has 1 atom stereocenters. The van der Waals surface area contributed by atoms with Gasteiger partial charge in [0.05, 0.1) is 11.2 Å². The zero-order chi connectivity index (χ0) is 20.9. The first-order valence-electron chi connectivity index (χ1n) is 10.5. The summed E-state index contributed by atoms with van der Waals surface area (Å²) in [7, 11) is 0. The van der Waals surface area contributed by atoms with E-state index in [4.69, 9.17) is 16.6 Å². The molecule has 2 heterocycles. The van der Waals surface area contributed by atoms with Crippen molar-refractivity contribution in [2.45, 2.75) is 26.4 Å². The summed E-state index contributed by atoms with van der Waals surface area (Å²) in [6.45, 7) is 8.46. The second kappa shape index (κ2) is 9.51. The van der Waals surface area contributed by atoms with Crippen LogP contribution in [0.25, 0.3) is 10.9 Å². The third-order valence-electron chi connectivity index (χ3n) is 5.46. The fourth-order valence-electron chi connectivity index (χ4n) is 3.71. The molecule has 1 aliphatic rings. The highest BCUT2D eigenvalue weighted by Gasteiger charge is 2.25. The van der Waals surface area contributed by atoms with Gasteiger partial charge in [-0.2, -0.15) is 0 Å². The van der Waals surface area contributed by atoms with Crippen molar-refractivity contribution in [1.82, 2.24) is 20.4 Å². The number of rotatable bonds is 8. The zero-order valence-electron chi connectivity index (χ0n) is 17.4. The number of aromatic nitrogens is 2. The number of benzene rings is 2. The van der Waals surface area contributed by atoms with Crippen molar-refractivity contribution in [3.05, 3.63) is 64.8 Å². The molecule has 30 heavy (non-hydrogen) atoms. The van der Waals surface area contributed by atoms with Gasteiger partial charge in [-0.1, -0.05) is 43.6 Å². The van der Waals surface area contributed by atoms with Gasteiger partial charge in [0, 0.05) is 16.0 Å². The van der Waals surface area contributed by atoms with Crippen LogP contribution in [0, 0.1) is 0 Å². The maximum Gasteiger partial charge on any atom is 0.149 e. The van der Waals surface area contributed by atoms with Crippen LogP contribution in [0.4, 0.5) is 5.69 Å². The molecule has 4 rings (SSSR count). The lowest BCUT2D eigenvalue weighted by Gasteiger charge is -2.26. The summed E-state index contributed by atoms with van der Waals surface area (Å²) in [5.41, 5.74) is 3.64. The maximum atomic E-state index is 6.08. The highest BCUT2D eigenvalue weighted by atomic mass is 35.5. The molecule has 1 unspecified atom stereocenters. The Kier molecular flexibility index (Phi) is 6.57. The van der Waals surface area contributed by atoms with E-state index in [1.54, 1.807) is 0 Å². The second-order valence-electron chi connectivity index (χ2n) is 7.32. The molecule has 0 saturated carbocycles.